The number of carbonyl (C=O) groups excluding carboxylic acids is 2. The number of ketones is 1. The Morgan fingerprint density at radius 1 is 1.21 bits per heavy atom. The van der Waals surface area contributed by atoms with Gasteiger partial charge in [0, 0.05) is 17.9 Å². The van der Waals surface area contributed by atoms with Gasteiger partial charge >= 0.3 is 0 Å². The van der Waals surface area contributed by atoms with Crippen molar-refractivity contribution >= 4 is 51.4 Å². The highest BCUT2D eigenvalue weighted by molar-refractivity contribution is 7.14. The number of Topliss-reactive ketones (excluding diaryl/α,β-unsaturated/α-hetero) is 1. The quantitative estimate of drug-likeness (QED) is 0.696. The number of rotatable bonds is 3. The Hall–Kier alpha value is -1.50. The minimum atomic E-state index is -0.421. The lowest BCUT2D eigenvalue weighted by atomic mass is 10.2. The van der Waals surface area contributed by atoms with Crippen LogP contribution < -0.4 is 5.32 Å². The van der Waals surface area contributed by atoms with Gasteiger partial charge < -0.3 is 0 Å². The first-order valence-corrected chi connectivity index (χ1v) is 6.70. The molecule has 0 saturated carbocycles. The lowest BCUT2D eigenvalue weighted by Crippen LogP contribution is -2.12. The minimum absolute atomic E-state index is 0.126. The van der Waals surface area contributed by atoms with Crippen LogP contribution in [-0.4, -0.2) is 21.7 Å². The smallest absolute Gasteiger partial charge is 0.257 e. The number of hydrogen-bond donors (Lipinski definition) is 1. The number of carbonyl (C=O) groups is 2. The largest absolute Gasteiger partial charge is 0.298 e. The van der Waals surface area contributed by atoms with Crippen molar-refractivity contribution in [2.75, 3.05) is 5.32 Å². The molecule has 2 heterocycles. The van der Waals surface area contributed by atoms with E-state index in [-0.39, 0.29) is 21.7 Å². The molecular weight excluding hydrogens is 309 g/mol. The van der Waals surface area contributed by atoms with Crippen molar-refractivity contribution in [2.45, 2.75) is 6.92 Å². The molecule has 0 aliphatic rings. The van der Waals surface area contributed by atoms with Gasteiger partial charge in [-0.25, -0.2) is 9.97 Å². The molecule has 0 fully saturated rings. The molecule has 0 atom stereocenters. The number of amides is 1. The van der Waals surface area contributed by atoms with Gasteiger partial charge in [0.25, 0.3) is 5.91 Å². The van der Waals surface area contributed by atoms with Crippen molar-refractivity contribution < 1.29 is 9.59 Å². The Labute approximate surface area is 122 Å². The predicted octanol–water partition coefficient (Wildman–Crippen LogP) is 3.30. The predicted molar refractivity (Wildman–Crippen MR) is 74.3 cm³/mol. The molecule has 0 aliphatic heterocycles. The monoisotopic (exact) mass is 315 g/mol. The third-order valence-electron chi connectivity index (χ3n) is 2.11. The van der Waals surface area contributed by atoms with Crippen LogP contribution in [-0.2, 0) is 0 Å². The van der Waals surface area contributed by atoms with E-state index in [1.807, 2.05) is 0 Å². The number of nitrogens with one attached hydrogen (secondary N) is 1. The number of halogens is 2. The summed E-state index contributed by atoms with van der Waals surface area (Å²) in [6.45, 7) is 1.41. The van der Waals surface area contributed by atoms with Crippen molar-refractivity contribution in [3.63, 3.8) is 0 Å². The zero-order valence-corrected chi connectivity index (χ0v) is 11.9. The van der Waals surface area contributed by atoms with Gasteiger partial charge in [0.05, 0.1) is 0 Å². The summed E-state index contributed by atoms with van der Waals surface area (Å²) in [7, 11) is 0. The van der Waals surface area contributed by atoms with Gasteiger partial charge in [0.15, 0.2) is 10.9 Å². The Balaban J connectivity index is 2.18. The number of anilines is 1. The van der Waals surface area contributed by atoms with Crippen molar-refractivity contribution in [2.24, 2.45) is 0 Å². The van der Waals surface area contributed by atoms with Crippen LogP contribution in [0.5, 0.6) is 0 Å². The molecule has 0 bridgehead atoms. The Bertz CT molecular complexity index is 637. The van der Waals surface area contributed by atoms with Gasteiger partial charge in [-0.3, -0.25) is 14.9 Å². The molecule has 1 amide bonds. The van der Waals surface area contributed by atoms with E-state index >= 15 is 0 Å². The summed E-state index contributed by atoms with van der Waals surface area (Å²) in [5.74, 6) is -0.581. The molecule has 0 aromatic carbocycles. The molecular formula is C11H7Cl2N3O2S. The van der Waals surface area contributed by atoms with Crippen LogP contribution in [0.4, 0.5) is 5.13 Å². The third-order valence-corrected chi connectivity index (χ3v) is 3.26. The molecule has 98 valence electrons. The van der Waals surface area contributed by atoms with Gasteiger partial charge in [-0.05, 0) is 12.1 Å². The number of thiazole rings is 1. The average molecular weight is 316 g/mol. The maximum Gasteiger partial charge on any atom is 0.257 e. The maximum absolute atomic E-state index is 11.9. The molecule has 0 unspecified atom stereocenters. The van der Waals surface area contributed by atoms with Crippen LogP contribution in [0.25, 0.3) is 0 Å². The standard InChI is InChI=1S/C11H7Cl2N3O2S/c1-5(17)7-4-19-11(14-7)16-10(18)6-2-8(12)15-9(13)3-6/h2-4H,1H3,(H,14,16,18). The fourth-order valence-corrected chi connectivity index (χ4v) is 2.46. The van der Waals surface area contributed by atoms with Crippen LogP contribution in [0.1, 0.15) is 27.8 Å². The number of nitrogens with zero attached hydrogens (tertiary/aromatic N) is 2. The highest BCUT2D eigenvalue weighted by Gasteiger charge is 2.12. The summed E-state index contributed by atoms with van der Waals surface area (Å²) >= 11 is 12.6. The Morgan fingerprint density at radius 2 is 1.84 bits per heavy atom. The molecule has 2 aromatic rings. The van der Waals surface area contributed by atoms with Gasteiger partial charge in [0.2, 0.25) is 0 Å². The minimum Gasteiger partial charge on any atom is -0.298 e. The Kier molecular flexibility index (Phi) is 4.14. The molecule has 0 saturated heterocycles. The number of pyridine rings is 1. The van der Waals surface area contributed by atoms with Crippen LogP contribution in [0.3, 0.4) is 0 Å². The summed E-state index contributed by atoms with van der Waals surface area (Å²) in [4.78, 5) is 30.7. The summed E-state index contributed by atoms with van der Waals surface area (Å²) in [6, 6.07) is 2.78. The zero-order valence-electron chi connectivity index (χ0n) is 9.61. The Morgan fingerprint density at radius 3 is 2.37 bits per heavy atom. The molecule has 5 nitrogen and oxygen atoms in total. The molecule has 2 aromatic heterocycles. The lowest BCUT2D eigenvalue weighted by molar-refractivity contribution is 0.100. The molecule has 1 N–H and O–H groups in total. The maximum atomic E-state index is 11.9. The van der Waals surface area contributed by atoms with Gasteiger partial charge in [-0.1, -0.05) is 23.2 Å². The second kappa shape index (κ2) is 5.64. The summed E-state index contributed by atoms with van der Waals surface area (Å²) in [5, 5.41) is 4.72. The van der Waals surface area contributed by atoms with E-state index in [4.69, 9.17) is 23.2 Å². The molecule has 2 rings (SSSR count). The second-order valence-corrected chi connectivity index (χ2v) is 5.18. The van der Waals surface area contributed by atoms with Crippen molar-refractivity contribution in [1.82, 2.24) is 9.97 Å². The lowest BCUT2D eigenvalue weighted by Gasteiger charge is -2.02. The second-order valence-electron chi connectivity index (χ2n) is 3.55. The molecule has 0 aliphatic carbocycles. The zero-order chi connectivity index (χ0) is 14.0. The van der Waals surface area contributed by atoms with Crippen LogP contribution in [0.15, 0.2) is 17.5 Å². The molecule has 19 heavy (non-hydrogen) atoms. The fraction of sp³-hybridized carbons (Fsp3) is 0.0909. The first-order chi connectivity index (χ1) is 8.95. The molecule has 8 heteroatoms. The SMILES string of the molecule is CC(=O)c1csc(NC(=O)c2cc(Cl)nc(Cl)c2)n1. The molecule has 0 spiro atoms. The normalized spacial score (nSPS) is 10.3. The van der Waals surface area contributed by atoms with E-state index < -0.39 is 5.91 Å². The number of aromatic nitrogens is 2. The third kappa shape index (κ3) is 3.50. The van der Waals surface area contributed by atoms with E-state index in [1.165, 1.54) is 19.1 Å². The topological polar surface area (TPSA) is 72.0 Å². The van der Waals surface area contributed by atoms with Gasteiger partial charge in [-0.15, -0.1) is 11.3 Å². The van der Waals surface area contributed by atoms with E-state index in [0.717, 1.165) is 11.3 Å². The van der Waals surface area contributed by atoms with Crippen molar-refractivity contribution in [3.05, 3.63) is 39.1 Å². The van der Waals surface area contributed by atoms with Crippen LogP contribution in [0, 0.1) is 0 Å². The highest BCUT2D eigenvalue weighted by Crippen LogP contribution is 2.19. The molecule has 0 radical (unpaired) electrons. The first-order valence-electron chi connectivity index (χ1n) is 5.06. The van der Waals surface area contributed by atoms with Gasteiger partial charge in [-0.2, -0.15) is 0 Å². The first kappa shape index (κ1) is 13.9. The van der Waals surface area contributed by atoms with Crippen LogP contribution >= 0.6 is 34.5 Å². The fourth-order valence-electron chi connectivity index (χ4n) is 1.26. The highest BCUT2D eigenvalue weighted by atomic mass is 35.5. The van der Waals surface area contributed by atoms with Gasteiger partial charge in [0.1, 0.15) is 16.0 Å². The van der Waals surface area contributed by atoms with E-state index in [0.29, 0.717) is 10.8 Å². The summed E-state index contributed by atoms with van der Waals surface area (Å²) in [5.41, 5.74) is 0.579. The number of hydrogen-bond acceptors (Lipinski definition) is 5. The summed E-state index contributed by atoms with van der Waals surface area (Å²) in [6.07, 6.45) is 0. The van der Waals surface area contributed by atoms with Crippen molar-refractivity contribution in [1.29, 1.82) is 0 Å². The summed E-state index contributed by atoms with van der Waals surface area (Å²) < 4.78 is 0. The van der Waals surface area contributed by atoms with E-state index in [2.05, 4.69) is 15.3 Å². The van der Waals surface area contributed by atoms with E-state index in [1.54, 1.807) is 5.38 Å². The van der Waals surface area contributed by atoms with E-state index in [9.17, 15) is 9.59 Å². The van der Waals surface area contributed by atoms with Crippen molar-refractivity contribution in [3.8, 4) is 0 Å². The van der Waals surface area contributed by atoms with Crippen LogP contribution in [0.2, 0.25) is 10.3 Å². The average Bonchev–Trinajstić information content (AvgIpc) is 2.76.